The van der Waals surface area contributed by atoms with Crippen LogP contribution >= 0.6 is 11.3 Å². The molecule has 1 fully saturated rings. The predicted molar refractivity (Wildman–Crippen MR) is 81.1 cm³/mol. The molecule has 0 aliphatic heterocycles. The zero-order valence-electron chi connectivity index (χ0n) is 11.8. The van der Waals surface area contributed by atoms with Crippen molar-refractivity contribution in [2.75, 3.05) is 6.54 Å². The fourth-order valence-corrected chi connectivity index (χ4v) is 4.08. The van der Waals surface area contributed by atoms with Crippen molar-refractivity contribution in [2.45, 2.75) is 58.4 Å². The Morgan fingerprint density at radius 3 is 2.78 bits per heavy atom. The lowest BCUT2D eigenvalue weighted by Gasteiger charge is -2.25. The molecule has 0 spiro atoms. The molecule has 2 heteroatoms. The van der Waals surface area contributed by atoms with E-state index in [9.17, 15) is 0 Å². The van der Waals surface area contributed by atoms with Gasteiger partial charge in [-0.3, -0.25) is 0 Å². The summed E-state index contributed by atoms with van der Waals surface area (Å²) in [7, 11) is 0. The Balaban J connectivity index is 1.92. The first-order chi connectivity index (χ1) is 8.81. The molecule has 2 rings (SSSR count). The Hall–Kier alpha value is -0.340. The maximum atomic E-state index is 3.86. The minimum Gasteiger partial charge on any atom is -0.309 e. The SMILES string of the molecule is CCCC(C)CNC(c1cccs1)C1CCCC1. The van der Waals surface area contributed by atoms with Gasteiger partial charge in [0.15, 0.2) is 0 Å². The summed E-state index contributed by atoms with van der Waals surface area (Å²) in [6, 6.07) is 5.12. The summed E-state index contributed by atoms with van der Waals surface area (Å²) in [5.41, 5.74) is 0. The third-order valence-electron chi connectivity index (χ3n) is 4.19. The van der Waals surface area contributed by atoms with Crippen molar-refractivity contribution in [1.82, 2.24) is 5.32 Å². The number of rotatable bonds is 7. The molecule has 102 valence electrons. The second-order valence-corrected chi connectivity index (χ2v) is 6.82. The molecular formula is C16H27NS. The van der Waals surface area contributed by atoms with Gasteiger partial charge in [0.2, 0.25) is 0 Å². The normalized spacial score (nSPS) is 20.1. The van der Waals surface area contributed by atoms with Crippen LogP contribution in [0.3, 0.4) is 0 Å². The summed E-state index contributed by atoms with van der Waals surface area (Å²) in [5, 5.41) is 6.08. The average Bonchev–Trinajstić information content (AvgIpc) is 3.02. The summed E-state index contributed by atoms with van der Waals surface area (Å²) in [4.78, 5) is 1.55. The van der Waals surface area contributed by atoms with E-state index in [4.69, 9.17) is 0 Å². The van der Waals surface area contributed by atoms with Gasteiger partial charge in [0.1, 0.15) is 0 Å². The van der Waals surface area contributed by atoms with Crippen LogP contribution < -0.4 is 5.32 Å². The van der Waals surface area contributed by atoms with Gasteiger partial charge >= 0.3 is 0 Å². The van der Waals surface area contributed by atoms with Crippen molar-refractivity contribution < 1.29 is 0 Å². The van der Waals surface area contributed by atoms with Gasteiger partial charge in [-0.2, -0.15) is 0 Å². The fraction of sp³-hybridized carbons (Fsp3) is 0.750. The van der Waals surface area contributed by atoms with Gasteiger partial charge in [0.25, 0.3) is 0 Å². The van der Waals surface area contributed by atoms with E-state index in [2.05, 4.69) is 36.7 Å². The van der Waals surface area contributed by atoms with Crippen molar-refractivity contribution in [2.24, 2.45) is 11.8 Å². The molecule has 0 saturated heterocycles. The van der Waals surface area contributed by atoms with Crippen LogP contribution in [0.5, 0.6) is 0 Å². The van der Waals surface area contributed by atoms with Gasteiger partial charge in [-0.15, -0.1) is 11.3 Å². The largest absolute Gasteiger partial charge is 0.309 e. The second kappa shape index (κ2) is 7.30. The Kier molecular flexibility index (Phi) is 5.71. The molecule has 0 amide bonds. The number of hydrogen-bond acceptors (Lipinski definition) is 2. The zero-order chi connectivity index (χ0) is 12.8. The highest BCUT2D eigenvalue weighted by Gasteiger charge is 2.26. The van der Waals surface area contributed by atoms with Gasteiger partial charge in [-0.05, 0) is 49.1 Å². The highest BCUT2D eigenvalue weighted by molar-refractivity contribution is 7.10. The topological polar surface area (TPSA) is 12.0 Å². The van der Waals surface area contributed by atoms with Crippen molar-refractivity contribution in [3.63, 3.8) is 0 Å². The van der Waals surface area contributed by atoms with Gasteiger partial charge in [-0.1, -0.05) is 39.2 Å². The predicted octanol–water partition coefficient (Wildman–Crippen LogP) is 5.01. The van der Waals surface area contributed by atoms with Gasteiger partial charge in [-0.25, -0.2) is 0 Å². The Bertz CT molecular complexity index is 314. The summed E-state index contributed by atoms with van der Waals surface area (Å²) in [6.07, 6.45) is 8.33. The van der Waals surface area contributed by atoms with E-state index in [-0.39, 0.29) is 0 Å². The molecule has 1 aromatic heterocycles. The van der Waals surface area contributed by atoms with Crippen molar-refractivity contribution in [3.8, 4) is 0 Å². The first-order valence-corrected chi connectivity index (χ1v) is 8.46. The monoisotopic (exact) mass is 265 g/mol. The van der Waals surface area contributed by atoms with Gasteiger partial charge in [0.05, 0.1) is 0 Å². The highest BCUT2D eigenvalue weighted by atomic mass is 32.1. The van der Waals surface area contributed by atoms with Crippen molar-refractivity contribution in [1.29, 1.82) is 0 Å². The molecule has 2 atom stereocenters. The minimum atomic E-state index is 0.617. The van der Waals surface area contributed by atoms with Gasteiger partial charge in [0, 0.05) is 10.9 Å². The van der Waals surface area contributed by atoms with E-state index >= 15 is 0 Å². The van der Waals surface area contributed by atoms with Crippen LogP contribution in [-0.4, -0.2) is 6.54 Å². The third kappa shape index (κ3) is 3.83. The summed E-state index contributed by atoms with van der Waals surface area (Å²) in [6.45, 7) is 5.83. The molecule has 0 radical (unpaired) electrons. The molecule has 0 aromatic carbocycles. The summed E-state index contributed by atoms with van der Waals surface area (Å²) < 4.78 is 0. The Morgan fingerprint density at radius 2 is 2.17 bits per heavy atom. The summed E-state index contributed by atoms with van der Waals surface area (Å²) in [5.74, 6) is 1.68. The van der Waals surface area contributed by atoms with Crippen LogP contribution in [0.15, 0.2) is 17.5 Å². The quantitative estimate of drug-likeness (QED) is 0.731. The Labute approximate surface area is 116 Å². The Morgan fingerprint density at radius 1 is 1.39 bits per heavy atom. The molecular weight excluding hydrogens is 238 g/mol. The van der Waals surface area contributed by atoms with E-state index < -0.39 is 0 Å². The van der Waals surface area contributed by atoms with Crippen LogP contribution in [0, 0.1) is 11.8 Å². The smallest absolute Gasteiger partial charge is 0.0443 e. The van der Waals surface area contributed by atoms with Crippen molar-refractivity contribution in [3.05, 3.63) is 22.4 Å². The number of thiophene rings is 1. The average molecular weight is 265 g/mol. The van der Waals surface area contributed by atoms with Crippen LogP contribution in [-0.2, 0) is 0 Å². The molecule has 2 unspecified atom stereocenters. The zero-order valence-corrected chi connectivity index (χ0v) is 12.6. The maximum Gasteiger partial charge on any atom is 0.0443 e. The fourth-order valence-electron chi connectivity index (χ4n) is 3.18. The standard InChI is InChI=1S/C16H27NS/c1-3-7-13(2)12-17-16(14-8-4-5-9-14)15-10-6-11-18-15/h6,10-11,13-14,16-17H,3-5,7-9,12H2,1-2H3. The molecule has 1 aliphatic carbocycles. The van der Waals surface area contributed by atoms with E-state index in [0.717, 1.165) is 11.8 Å². The lowest BCUT2D eigenvalue weighted by Crippen LogP contribution is -2.30. The molecule has 0 bridgehead atoms. The number of hydrogen-bond donors (Lipinski definition) is 1. The molecule has 1 N–H and O–H groups in total. The molecule has 1 heterocycles. The first kappa shape index (κ1) is 14.1. The first-order valence-electron chi connectivity index (χ1n) is 7.58. The van der Waals surface area contributed by atoms with Crippen LogP contribution in [0.1, 0.15) is 63.3 Å². The molecule has 1 saturated carbocycles. The molecule has 1 nitrogen and oxygen atoms in total. The molecule has 1 aliphatic rings. The molecule has 18 heavy (non-hydrogen) atoms. The van der Waals surface area contributed by atoms with E-state index in [0.29, 0.717) is 6.04 Å². The third-order valence-corrected chi connectivity index (χ3v) is 5.14. The number of nitrogens with one attached hydrogen (secondary N) is 1. The van der Waals surface area contributed by atoms with Gasteiger partial charge < -0.3 is 5.32 Å². The molecule has 1 aromatic rings. The van der Waals surface area contributed by atoms with E-state index in [1.54, 1.807) is 4.88 Å². The minimum absolute atomic E-state index is 0.617. The van der Waals surface area contributed by atoms with Crippen LogP contribution in [0.2, 0.25) is 0 Å². The van der Waals surface area contributed by atoms with Crippen LogP contribution in [0.25, 0.3) is 0 Å². The van der Waals surface area contributed by atoms with E-state index in [1.165, 1.54) is 45.1 Å². The lowest BCUT2D eigenvalue weighted by atomic mass is 9.95. The second-order valence-electron chi connectivity index (χ2n) is 5.84. The van der Waals surface area contributed by atoms with Crippen LogP contribution in [0.4, 0.5) is 0 Å². The summed E-state index contributed by atoms with van der Waals surface area (Å²) >= 11 is 1.92. The highest BCUT2D eigenvalue weighted by Crippen LogP contribution is 2.37. The maximum absolute atomic E-state index is 3.86. The van der Waals surface area contributed by atoms with E-state index in [1.807, 2.05) is 11.3 Å². The van der Waals surface area contributed by atoms with Crippen molar-refractivity contribution >= 4 is 11.3 Å². The lowest BCUT2D eigenvalue weighted by molar-refractivity contribution is 0.343.